The van der Waals surface area contributed by atoms with Gasteiger partial charge in [-0.3, -0.25) is 4.79 Å². The average Bonchev–Trinajstić information content (AvgIpc) is 2.59. The molecule has 0 radical (unpaired) electrons. The number of hydrogen-bond acceptors (Lipinski definition) is 2. The molecule has 3 nitrogen and oxygen atoms in total. The molecule has 0 fully saturated rings. The van der Waals surface area contributed by atoms with Crippen molar-refractivity contribution in [3.63, 3.8) is 0 Å². The lowest BCUT2D eigenvalue weighted by Gasteiger charge is -2.10. The van der Waals surface area contributed by atoms with Crippen molar-refractivity contribution in [2.45, 2.75) is 12.8 Å². The molecule has 0 amide bonds. The predicted octanol–water partition coefficient (Wildman–Crippen LogP) is 4.67. The van der Waals surface area contributed by atoms with Crippen molar-refractivity contribution in [3.05, 3.63) is 92.8 Å². The second kappa shape index (κ2) is 7.29. The fraction of sp³-hybridized carbons (Fsp3) is 0.105. The van der Waals surface area contributed by atoms with Crippen molar-refractivity contribution in [2.75, 3.05) is 5.32 Å². The minimum atomic E-state index is -0.117. The SMILES string of the molecule is O=c1[nH]c(CCc2ccccc2)cc(Nc2ccccc2)c1Br. The summed E-state index contributed by atoms with van der Waals surface area (Å²) in [4.78, 5) is 15.0. The molecule has 1 heterocycles. The van der Waals surface area contributed by atoms with Crippen LogP contribution >= 0.6 is 15.9 Å². The summed E-state index contributed by atoms with van der Waals surface area (Å²) >= 11 is 3.36. The van der Waals surface area contributed by atoms with E-state index in [1.54, 1.807) is 0 Å². The molecular formula is C19H17BrN2O. The van der Waals surface area contributed by atoms with E-state index in [0.29, 0.717) is 4.47 Å². The molecule has 3 rings (SSSR count). The summed E-state index contributed by atoms with van der Waals surface area (Å²) < 4.78 is 0.518. The Balaban J connectivity index is 1.80. The summed E-state index contributed by atoms with van der Waals surface area (Å²) in [5.41, 5.74) is 3.79. The third-order valence-electron chi connectivity index (χ3n) is 3.61. The van der Waals surface area contributed by atoms with Gasteiger partial charge in [0.15, 0.2) is 0 Å². The smallest absolute Gasteiger partial charge is 0.264 e. The summed E-state index contributed by atoms with van der Waals surface area (Å²) in [6.07, 6.45) is 1.68. The quantitative estimate of drug-likeness (QED) is 0.687. The molecular weight excluding hydrogens is 352 g/mol. The van der Waals surface area contributed by atoms with Gasteiger partial charge in [-0.15, -0.1) is 0 Å². The number of aryl methyl sites for hydroxylation is 2. The minimum Gasteiger partial charge on any atom is -0.354 e. The predicted molar refractivity (Wildman–Crippen MR) is 98.3 cm³/mol. The second-order valence-electron chi connectivity index (χ2n) is 5.33. The van der Waals surface area contributed by atoms with Gasteiger partial charge in [0.05, 0.1) is 5.69 Å². The van der Waals surface area contributed by atoms with Gasteiger partial charge in [0.25, 0.3) is 5.56 Å². The summed E-state index contributed by atoms with van der Waals surface area (Å²) in [7, 11) is 0. The van der Waals surface area contributed by atoms with Crippen LogP contribution in [0.25, 0.3) is 0 Å². The number of nitrogens with one attached hydrogen (secondary N) is 2. The van der Waals surface area contributed by atoms with Crippen molar-refractivity contribution in [2.24, 2.45) is 0 Å². The molecule has 2 N–H and O–H groups in total. The van der Waals surface area contributed by atoms with E-state index in [1.165, 1.54) is 5.56 Å². The molecule has 0 aliphatic carbocycles. The number of aromatic nitrogens is 1. The molecule has 0 saturated carbocycles. The van der Waals surface area contributed by atoms with Crippen LogP contribution in [0.5, 0.6) is 0 Å². The molecule has 0 atom stereocenters. The maximum atomic E-state index is 12.1. The molecule has 0 saturated heterocycles. The van der Waals surface area contributed by atoms with E-state index in [0.717, 1.165) is 29.9 Å². The monoisotopic (exact) mass is 368 g/mol. The van der Waals surface area contributed by atoms with E-state index in [1.807, 2.05) is 54.6 Å². The number of H-pyrrole nitrogens is 1. The third-order valence-corrected chi connectivity index (χ3v) is 4.39. The fourth-order valence-corrected chi connectivity index (χ4v) is 2.74. The van der Waals surface area contributed by atoms with Gasteiger partial charge in [-0.05, 0) is 52.5 Å². The first kappa shape index (κ1) is 15.6. The van der Waals surface area contributed by atoms with Crippen LogP contribution in [0, 0.1) is 0 Å². The summed E-state index contributed by atoms with van der Waals surface area (Å²) in [6, 6.07) is 22.1. The third kappa shape index (κ3) is 4.11. The van der Waals surface area contributed by atoms with Crippen LogP contribution in [-0.4, -0.2) is 4.98 Å². The van der Waals surface area contributed by atoms with Crippen molar-refractivity contribution in [1.29, 1.82) is 0 Å². The topological polar surface area (TPSA) is 44.9 Å². The van der Waals surface area contributed by atoms with Gasteiger partial charge in [-0.1, -0.05) is 48.5 Å². The first-order chi connectivity index (χ1) is 11.2. The molecule has 0 spiro atoms. The van der Waals surface area contributed by atoms with E-state index in [2.05, 4.69) is 38.4 Å². The number of rotatable bonds is 5. The highest BCUT2D eigenvalue weighted by molar-refractivity contribution is 9.10. The Morgan fingerprint density at radius 1 is 0.913 bits per heavy atom. The van der Waals surface area contributed by atoms with Crippen molar-refractivity contribution >= 4 is 27.3 Å². The van der Waals surface area contributed by atoms with Gasteiger partial charge in [0.1, 0.15) is 4.47 Å². The second-order valence-corrected chi connectivity index (χ2v) is 6.12. The molecule has 23 heavy (non-hydrogen) atoms. The van der Waals surface area contributed by atoms with Gasteiger partial charge < -0.3 is 10.3 Å². The van der Waals surface area contributed by atoms with Crippen LogP contribution in [0.2, 0.25) is 0 Å². The summed E-state index contributed by atoms with van der Waals surface area (Å²) in [6.45, 7) is 0. The largest absolute Gasteiger partial charge is 0.354 e. The van der Waals surface area contributed by atoms with Crippen molar-refractivity contribution < 1.29 is 0 Å². The summed E-state index contributed by atoms with van der Waals surface area (Å²) in [5, 5.41) is 3.28. The molecule has 0 bridgehead atoms. The number of para-hydroxylation sites is 1. The van der Waals surface area contributed by atoms with Crippen LogP contribution in [0.4, 0.5) is 11.4 Å². The van der Waals surface area contributed by atoms with E-state index in [9.17, 15) is 4.79 Å². The van der Waals surface area contributed by atoms with E-state index >= 15 is 0 Å². The molecule has 0 aliphatic heterocycles. The first-order valence-corrected chi connectivity index (χ1v) is 8.29. The van der Waals surface area contributed by atoms with Gasteiger partial charge in [0, 0.05) is 11.4 Å². The number of hydrogen-bond donors (Lipinski definition) is 2. The molecule has 2 aromatic carbocycles. The summed E-state index contributed by atoms with van der Waals surface area (Å²) in [5.74, 6) is 0. The minimum absolute atomic E-state index is 0.117. The number of halogens is 1. The Kier molecular flexibility index (Phi) is 4.93. The highest BCUT2D eigenvalue weighted by atomic mass is 79.9. The average molecular weight is 369 g/mol. The van der Waals surface area contributed by atoms with Crippen LogP contribution in [0.1, 0.15) is 11.3 Å². The Morgan fingerprint density at radius 3 is 2.26 bits per heavy atom. The highest BCUT2D eigenvalue weighted by Gasteiger charge is 2.08. The zero-order valence-electron chi connectivity index (χ0n) is 12.6. The van der Waals surface area contributed by atoms with Crippen LogP contribution < -0.4 is 10.9 Å². The Hall–Kier alpha value is -2.33. The van der Waals surface area contributed by atoms with Gasteiger partial charge in [-0.25, -0.2) is 0 Å². The number of aromatic amines is 1. The lowest BCUT2D eigenvalue weighted by atomic mass is 10.1. The van der Waals surface area contributed by atoms with Gasteiger partial charge in [0.2, 0.25) is 0 Å². The van der Waals surface area contributed by atoms with Crippen LogP contribution in [-0.2, 0) is 12.8 Å². The van der Waals surface area contributed by atoms with E-state index in [4.69, 9.17) is 0 Å². The van der Waals surface area contributed by atoms with Crippen molar-refractivity contribution in [1.82, 2.24) is 4.98 Å². The Bertz CT molecular complexity index is 829. The maximum absolute atomic E-state index is 12.1. The van der Waals surface area contributed by atoms with Gasteiger partial charge in [-0.2, -0.15) is 0 Å². The van der Waals surface area contributed by atoms with Crippen molar-refractivity contribution in [3.8, 4) is 0 Å². The zero-order valence-corrected chi connectivity index (χ0v) is 14.1. The molecule has 0 unspecified atom stereocenters. The molecule has 1 aromatic heterocycles. The molecule has 116 valence electrons. The molecule has 3 aromatic rings. The van der Waals surface area contributed by atoms with E-state index in [-0.39, 0.29) is 5.56 Å². The van der Waals surface area contributed by atoms with Crippen LogP contribution in [0.3, 0.4) is 0 Å². The maximum Gasteiger partial charge on any atom is 0.264 e. The highest BCUT2D eigenvalue weighted by Crippen LogP contribution is 2.23. The standard InChI is InChI=1S/C19H17BrN2O/c20-18-17(21-15-9-5-2-6-10-15)13-16(22-19(18)23)12-11-14-7-3-1-4-8-14/h1-10,13H,11-12H2,(H2,21,22,23). The van der Waals surface area contributed by atoms with Gasteiger partial charge >= 0.3 is 0 Å². The molecule has 4 heteroatoms. The Labute approximate surface area is 143 Å². The zero-order chi connectivity index (χ0) is 16.1. The first-order valence-electron chi connectivity index (χ1n) is 7.50. The lowest BCUT2D eigenvalue weighted by Crippen LogP contribution is -2.12. The van der Waals surface area contributed by atoms with E-state index < -0.39 is 0 Å². The lowest BCUT2D eigenvalue weighted by molar-refractivity contribution is 0.903. The fourth-order valence-electron chi connectivity index (χ4n) is 2.42. The Morgan fingerprint density at radius 2 is 1.57 bits per heavy atom. The number of benzene rings is 2. The molecule has 0 aliphatic rings. The number of anilines is 2. The number of pyridine rings is 1. The van der Waals surface area contributed by atoms with Crippen LogP contribution in [0.15, 0.2) is 76.0 Å². The normalized spacial score (nSPS) is 10.5.